The molecule has 2 aromatic rings. The van der Waals surface area contributed by atoms with Gasteiger partial charge in [-0.25, -0.2) is 0 Å². The normalized spacial score (nSPS) is 11.6. The third kappa shape index (κ3) is 30.6. The average Bonchev–Trinajstić information content (AvgIpc) is 3.34. The van der Waals surface area contributed by atoms with Gasteiger partial charge < -0.3 is 4.74 Å². The van der Waals surface area contributed by atoms with Gasteiger partial charge in [-0.3, -0.25) is 0 Å². The van der Waals surface area contributed by atoms with Crippen LogP contribution in [0.2, 0.25) is 0 Å². The van der Waals surface area contributed by atoms with Gasteiger partial charge in [-0.1, -0.05) is 285 Å². The van der Waals surface area contributed by atoms with Crippen molar-refractivity contribution in [2.45, 2.75) is 350 Å². The molecular weight excluding hydrogens is 809 g/mol. The van der Waals surface area contributed by atoms with Crippen LogP contribution in [0.3, 0.4) is 0 Å². The lowest BCUT2D eigenvalue weighted by Gasteiger charge is -2.23. The maximum Gasteiger partial charge on any atom is 0.130 e. The van der Waals surface area contributed by atoms with E-state index in [2.05, 4.69) is 65.8 Å². The van der Waals surface area contributed by atoms with E-state index in [1.54, 1.807) is 33.4 Å². The van der Waals surface area contributed by atoms with Crippen LogP contribution >= 0.6 is 0 Å². The zero-order chi connectivity index (χ0) is 48.1. The second-order valence-electron chi connectivity index (χ2n) is 21.7. The van der Waals surface area contributed by atoms with Crippen LogP contribution in [0.5, 0.6) is 11.5 Å². The van der Waals surface area contributed by atoms with Gasteiger partial charge in [0.05, 0.1) is 0 Å². The molecule has 0 fully saturated rings. The summed E-state index contributed by atoms with van der Waals surface area (Å²) in [7, 11) is 0. The Hall–Kier alpha value is -1.76. The van der Waals surface area contributed by atoms with Crippen LogP contribution in [0.15, 0.2) is 24.3 Å². The highest BCUT2D eigenvalue weighted by Gasteiger charge is 2.20. The zero-order valence-electron chi connectivity index (χ0n) is 46.7. The van der Waals surface area contributed by atoms with E-state index < -0.39 is 0 Å². The van der Waals surface area contributed by atoms with Gasteiger partial charge in [-0.2, -0.15) is 0 Å². The fourth-order valence-corrected chi connectivity index (χ4v) is 11.0. The summed E-state index contributed by atoms with van der Waals surface area (Å²) in [6, 6.07) is 10.0. The highest BCUT2D eigenvalue weighted by Crippen LogP contribution is 2.38. The van der Waals surface area contributed by atoms with Crippen molar-refractivity contribution < 1.29 is 4.74 Å². The summed E-state index contributed by atoms with van der Waals surface area (Å²) in [6.07, 6.45) is 65.0. The number of benzene rings is 2. The molecule has 1 nitrogen and oxygen atoms in total. The first-order chi connectivity index (χ1) is 33.1. The summed E-state index contributed by atoms with van der Waals surface area (Å²) in [6.45, 7) is 14.0. The molecule has 0 heterocycles. The topological polar surface area (TPSA) is 9.23 Å². The van der Waals surface area contributed by atoms with Gasteiger partial charge in [0, 0.05) is 0 Å². The first kappa shape index (κ1) is 61.4. The third-order valence-corrected chi connectivity index (χ3v) is 15.4. The van der Waals surface area contributed by atoms with Gasteiger partial charge in [-0.15, -0.1) is 0 Å². The van der Waals surface area contributed by atoms with Gasteiger partial charge in [-0.05, 0) is 123 Å². The highest BCUT2D eigenvalue weighted by atomic mass is 16.5. The minimum absolute atomic E-state index is 1.17. The average molecular weight is 928 g/mol. The molecule has 388 valence electrons. The number of hydrogen-bond donors (Lipinski definition) is 0. The molecule has 0 aliphatic rings. The lowest BCUT2D eigenvalue weighted by Crippen LogP contribution is -2.07. The molecule has 0 saturated heterocycles. The van der Waals surface area contributed by atoms with Gasteiger partial charge in [0.2, 0.25) is 0 Å². The molecule has 0 N–H and O–H groups in total. The molecule has 67 heavy (non-hydrogen) atoms. The molecular formula is C66H118O. The van der Waals surface area contributed by atoms with Crippen molar-refractivity contribution in [1.29, 1.82) is 0 Å². The fraction of sp³-hybridized carbons (Fsp3) is 0.818. The SMILES string of the molecule is CCCCCCCCCc1ccc(Oc2ccc(CCCCCCCCC)c(CCCCCCCCC)c2CCCCCCCCC)c(CCCCCCCCC)c1CCCCCCCCC. The quantitative estimate of drug-likeness (QED) is 0.0601. The summed E-state index contributed by atoms with van der Waals surface area (Å²) in [5.74, 6) is 2.41. The number of hydrogen-bond acceptors (Lipinski definition) is 1. The standard InChI is InChI=1S/C66H118O/c1-7-13-19-25-31-37-43-49-59-55-57-65(63(53-47-41-35-29-23-17-11-5)61(59)51-45-39-33-27-21-15-9-3)67-66-58-56-60(50-44-38-32-26-20-14-8-2)62(52-46-40-34-28-22-16-10-4)64(66)54-48-42-36-30-24-18-12-6/h55-58H,7-54H2,1-6H3. The van der Waals surface area contributed by atoms with Gasteiger partial charge in [0.1, 0.15) is 11.5 Å². The molecule has 0 amide bonds. The summed E-state index contributed by atoms with van der Waals surface area (Å²) in [5, 5.41) is 0. The first-order valence-electron chi connectivity index (χ1n) is 31.1. The van der Waals surface area contributed by atoms with Crippen molar-refractivity contribution in [2.75, 3.05) is 0 Å². The number of unbranched alkanes of at least 4 members (excludes halogenated alkanes) is 36. The monoisotopic (exact) mass is 927 g/mol. The number of ether oxygens (including phenoxy) is 1. The second-order valence-corrected chi connectivity index (χ2v) is 21.7. The smallest absolute Gasteiger partial charge is 0.130 e. The van der Waals surface area contributed by atoms with Crippen LogP contribution in [0.1, 0.15) is 345 Å². The Morgan fingerprint density at radius 2 is 0.403 bits per heavy atom. The van der Waals surface area contributed by atoms with E-state index in [0.29, 0.717) is 0 Å². The van der Waals surface area contributed by atoms with Crippen molar-refractivity contribution in [1.82, 2.24) is 0 Å². The number of aryl methyl sites for hydroxylation is 2. The molecule has 1 heteroatoms. The van der Waals surface area contributed by atoms with E-state index in [1.807, 2.05) is 0 Å². The summed E-state index contributed by atoms with van der Waals surface area (Å²) in [4.78, 5) is 0. The van der Waals surface area contributed by atoms with E-state index in [4.69, 9.17) is 4.74 Å². The third-order valence-electron chi connectivity index (χ3n) is 15.4. The molecule has 2 aromatic carbocycles. The lowest BCUT2D eigenvalue weighted by atomic mass is 9.88. The molecule has 0 aliphatic heterocycles. The van der Waals surface area contributed by atoms with Crippen LogP contribution in [0, 0.1) is 0 Å². The molecule has 0 radical (unpaired) electrons. The molecule has 2 rings (SSSR count). The second kappa shape index (κ2) is 45.4. The molecule has 0 bridgehead atoms. The Morgan fingerprint density at radius 3 is 0.642 bits per heavy atom. The summed E-state index contributed by atoms with van der Waals surface area (Å²) < 4.78 is 7.56. The molecule has 0 saturated carbocycles. The fourth-order valence-electron chi connectivity index (χ4n) is 11.0. The van der Waals surface area contributed by atoms with Crippen LogP contribution in [0.4, 0.5) is 0 Å². The van der Waals surface area contributed by atoms with Crippen molar-refractivity contribution in [3.05, 3.63) is 57.6 Å². The van der Waals surface area contributed by atoms with Gasteiger partial charge in [0.15, 0.2) is 0 Å². The predicted molar refractivity (Wildman–Crippen MR) is 303 cm³/mol. The maximum atomic E-state index is 7.56. The van der Waals surface area contributed by atoms with Crippen molar-refractivity contribution in [3.8, 4) is 11.5 Å². The van der Waals surface area contributed by atoms with Crippen LogP contribution in [0.25, 0.3) is 0 Å². The summed E-state index contributed by atoms with van der Waals surface area (Å²) >= 11 is 0. The van der Waals surface area contributed by atoms with Crippen molar-refractivity contribution in [3.63, 3.8) is 0 Å². The van der Waals surface area contributed by atoms with Crippen LogP contribution in [-0.2, 0) is 38.5 Å². The van der Waals surface area contributed by atoms with E-state index >= 15 is 0 Å². The molecule has 0 atom stereocenters. The first-order valence-corrected chi connectivity index (χ1v) is 31.1. The highest BCUT2D eigenvalue weighted by molar-refractivity contribution is 5.51. The van der Waals surface area contributed by atoms with Crippen molar-refractivity contribution >= 4 is 0 Å². The molecule has 0 unspecified atom stereocenters. The summed E-state index contributed by atoms with van der Waals surface area (Å²) in [5.41, 5.74) is 9.85. The number of rotatable bonds is 50. The Labute approximate surface area is 421 Å². The van der Waals surface area contributed by atoms with Crippen molar-refractivity contribution in [2.24, 2.45) is 0 Å². The Balaban J connectivity index is 2.58. The van der Waals surface area contributed by atoms with E-state index in [-0.39, 0.29) is 0 Å². The molecule has 0 aromatic heterocycles. The molecule has 0 spiro atoms. The Morgan fingerprint density at radius 1 is 0.209 bits per heavy atom. The van der Waals surface area contributed by atoms with Gasteiger partial charge >= 0.3 is 0 Å². The lowest BCUT2D eigenvalue weighted by molar-refractivity contribution is 0.461. The van der Waals surface area contributed by atoms with Crippen LogP contribution < -0.4 is 4.74 Å². The van der Waals surface area contributed by atoms with E-state index in [1.165, 1.54) is 320 Å². The van der Waals surface area contributed by atoms with Crippen LogP contribution in [-0.4, -0.2) is 0 Å². The predicted octanol–water partition coefficient (Wildman–Crippen LogP) is 23.2. The maximum absolute atomic E-state index is 7.56. The van der Waals surface area contributed by atoms with Gasteiger partial charge in [0.25, 0.3) is 0 Å². The minimum atomic E-state index is 1.17. The Bertz CT molecular complexity index is 1270. The molecule has 0 aliphatic carbocycles. The Kier molecular flexibility index (Phi) is 41.6. The largest absolute Gasteiger partial charge is 0.457 e. The zero-order valence-corrected chi connectivity index (χ0v) is 46.7. The minimum Gasteiger partial charge on any atom is -0.457 e. The van der Waals surface area contributed by atoms with E-state index in [0.717, 1.165) is 0 Å². The van der Waals surface area contributed by atoms with E-state index in [9.17, 15) is 0 Å².